The van der Waals surface area contributed by atoms with Crippen molar-refractivity contribution in [2.24, 2.45) is 17.8 Å². The van der Waals surface area contributed by atoms with Gasteiger partial charge in [-0.1, -0.05) is 30.4 Å². The molecule has 1 aromatic carbocycles. The van der Waals surface area contributed by atoms with Crippen LogP contribution in [0.1, 0.15) is 23.7 Å². The SMILES string of the molecule is C=C[C@@H]1C[C@H](/C=C/C(=O)OC)[C@@H](C(=O)OCC)[C@@H]1NC(=O)c1ccccc1. The number of allylic oxidation sites excluding steroid dienone is 1. The number of rotatable bonds is 7. The molecule has 0 saturated heterocycles. The first-order valence-corrected chi connectivity index (χ1v) is 8.93. The van der Waals surface area contributed by atoms with Crippen LogP contribution in [0.15, 0.2) is 55.1 Å². The van der Waals surface area contributed by atoms with Crippen LogP contribution in [0.3, 0.4) is 0 Å². The Morgan fingerprint density at radius 3 is 2.52 bits per heavy atom. The summed E-state index contributed by atoms with van der Waals surface area (Å²) in [5.41, 5.74) is 0.511. The molecule has 1 N–H and O–H groups in total. The lowest BCUT2D eigenvalue weighted by atomic mass is 9.92. The molecule has 2 rings (SSSR count). The molecule has 0 spiro atoms. The van der Waals surface area contributed by atoms with E-state index in [-0.39, 0.29) is 24.3 Å². The fourth-order valence-electron chi connectivity index (χ4n) is 3.43. The molecule has 1 fully saturated rings. The van der Waals surface area contributed by atoms with Crippen molar-refractivity contribution in [3.8, 4) is 0 Å². The summed E-state index contributed by atoms with van der Waals surface area (Å²) in [5, 5.41) is 2.96. The monoisotopic (exact) mass is 371 g/mol. The molecule has 0 radical (unpaired) electrons. The van der Waals surface area contributed by atoms with Crippen molar-refractivity contribution in [3.63, 3.8) is 0 Å². The predicted molar refractivity (Wildman–Crippen MR) is 101 cm³/mol. The van der Waals surface area contributed by atoms with Gasteiger partial charge in [0.1, 0.15) is 0 Å². The van der Waals surface area contributed by atoms with Gasteiger partial charge in [-0.15, -0.1) is 6.58 Å². The second-order valence-electron chi connectivity index (χ2n) is 6.32. The van der Waals surface area contributed by atoms with E-state index in [1.54, 1.807) is 43.3 Å². The number of hydrogen-bond donors (Lipinski definition) is 1. The normalized spacial score (nSPS) is 24.4. The maximum Gasteiger partial charge on any atom is 0.330 e. The van der Waals surface area contributed by atoms with Gasteiger partial charge in [0.05, 0.1) is 19.6 Å². The minimum absolute atomic E-state index is 0.126. The molecule has 0 aromatic heterocycles. The molecule has 1 aliphatic rings. The topological polar surface area (TPSA) is 81.7 Å². The maximum atomic E-state index is 12.6. The molecular formula is C21H25NO5. The van der Waals surface area contributed by atoms with Crippen LogP contribution in [0.4, 0.5) is 0 Å². The fourth-order valence-corrected chi connectivity index (χ4v) is 3.43. The fraction of sp³-hybridized carbons (Fsp3) is 0.381. The van der Waals surface area contributed by atoms with Gasteiger partial charge < -0.3 is 14.8 Å². The Hall–Kier alpha value is -2.89. The number of hydrogen-bond acceptors (Lipinski definition) is 5. The Kier molecular flexibility index (Phi) is 7.34. The number of amides is 1. The number of ether oxygens (including phenoxy) is 2. The first-order valence-electron chi connectivity index (χ1n) is 8.93. The van der Waals surface area contributed by atoms with Crippen molar-refractivity contribution in [2.45, 2.75) is 19.4 Å². The molecule has 1 aromatic rings. The molecule has 1 aliphatic carbocycles. The van der Waals surface area contributed by atoms with Crippen LogP contribution in [0, 0.1) is 17.8 Å². The zero-order valence-corrected chi connectivity index (χ0v) is 15.6. The summed E-state index contributed by atoms with van der Waals surface area (Å²) in [6, 6.07) is 8.33. The van der Waals surface area contributed by atoms with Gasteiger partial charge in [-0.05, 0) is 37.3 Å². The molecule has 1 amide bonds. The van der Waals surface area contributed by atoms with Crippen LogP contribution in [0.5, 0.6) is 0 Å². The van der Waals surface area contributed by atoms with E-state index < -0.39 is 23.9 Å². The Bertz CT molecular complexity index is 713. The standard InChI is InChI=1S/C21H25NO5/c1-4-14-13-16(11-12-17(23)26-3)18(21(25)27-5-2)19(14)22-20(24)15-9-7-6-8-10-15/h4,6-12,14,16,18-19H,1,5,13H2,2-3H3,(H,22,24)/b12-11+/t14-,16+,18-,19-/m1/s1. The van der Waals surface area contributed by atoms with Gasteiger partial charge in [0, 0.05) is 17.7 Å². The molecule has 0 bridgehead atoms. The molecule has 6 nitrogen and oxygen atoms in total. The Labute approximate surface area is 159 Å². The van der Waals surface area contributed by atoms with E-state index in [0.717, 1.165) is 0 Å². The number of carbonyl (C=O) groups is 3. The highest BCUT2D eigenvalue weighted by atomic mass is 16.5. The average Bonchev–Trinajstić information content (AvgIpc) is 3.04. The van der Waals surface area contributed by atoms with Gasteiger partial charge in [0.25, 0.3) is 5.91 Å². The van der Waals surface area contributed by atoms with Crippen molar-refractivity contribution >= 4 is 17.8 Å². The second kappa shape index (κ2) is 9.71. The van der Waals surface area contributed by atoms with Gasteiger partial charge in [-0.2, -0.15) is 0 Å². The average molecular weight is 371 g/mol. The van der Waals surface area contributed by atoms with E-state index in [4.69, 9.17) is 4.74 Å². The van der Waals surface area contributed by atoms with Crippen molar-refractivity contribution in [2.75, 3.05) is 13.7 Å². The number of carbonyl (C=O) groups excluding carboxylic acids is 3. The van der Waals surface area contributed by atoms with Gasteiger partial charge in [-0.3, -0.25) is 9.59 Å². The maximum absolute atomic E-state index is 12.6. The van der Waals surface area contributed by atoms with Crippen molar-refractivity contribution < 1.29 is 23.9 Å². The summed E-state index contributed by atoms with van der Waals surface area (Å²) in [5.74, 6) is -2.17. The van der Waals surface area contributed by atoms with Crippen LogP contribution >= 0.6 is 0 Å². The van der Waals surface area contributed by atoms with E-state index in [0.29, 0.717) is 12.0 Å². The zero-order chi connectivity index (χ0) is 19.8. The minimum atomic E-state index is -0.610. The summed E-state index contributed by atoms with van der Waals surface area (Å²) in [6.07, 6.45) is 5.26. The predicted octanol–water partition coefficient (Wildman–Crippen LogP) is 2.52. The highest BCUT2D eigenvalue weighted by Gasteiger charge is 2.46. The lowest BCUT2D eigenvalue weighted by Crippen LogP contribution is -2.45. The largest absolute Gasteiger partial charge is 0.466 e. The van der Waals surface area contributed by atoms with Crippen molar-refractivity contribution in [1.82, 2.24) is 5.32 Å². The summed E-state index contributed by atoms with van der Waals surface area (Å²) in [7, 11) is 1.29. The molecule has 6 heteroatoms. The lowest BCUT2D eigenvalue weighted by Gasteiger charge is -2.24. The van der Waals surface area contributed by atoms with E-state index in [1.807, 2.05) is 6.07 Å². The van der Waals surface area contributed by atoms with E-state index in [1.165, 1.54) is 13.2 Å². The third kappa shape index (κ3) is 5.06. The summed E-state index contributed by atoms with van der Waals surface area (Å²) in [4.78, 5) is 36.7. The molecule has 4 atom stereocenters. The second-order valence-corrected chi connectivity index (χ2v) is 6.32. The third-order valence-corrected chi connectivity index (χ3v) is 4.73. The van der Waals surface area contributed by atoms with Gasteiger partial charge in [0.15, 0.2) is 0 Å². The number of esters is 2. The number of benzene rings is 1. The number of methoxy groups -OCH3 is 1. The quantitative estimate of drug-likeness (QED) is 0.452. The first kappa shape index (κ1) is 20.4. The van der Waals surface area contributed by atoms with Crippen molar-refractivity contribution in [3.05, 3.63) is 60.7 Å². The van der Waals surface area contributed by atoms with Crippen LogP contribution in [-0.4, -0.2) is 37.6 Å². The molecule has 0 heterocycles. The molecule has 0 aliphatic heterocycles. The van der Waals surface area contributed by atoms with Crippen LogP contribution in [0.2, 0.25) is 0 Å². The van der Waals surface area contributed by atoms with Crippen LogP contribution in [-0.2, 0) is 19.1 Å². The molecule has 144 valence electrons. The highest BCUT2D eigenvalue weighted by Crippen LogP contribution is 2.39. The first-order chi connectivity index (χ1) is 13.0. The van der Waals surface area contributed by atoms with Gasteiger partial charge in [-0.25, -0.2) is 4.79 Å². The van der Waals surface area contributed by atoms with Crippen LogP contribution < -0.4 is 5.32 Å². The minimum Gasteiger partial charge on any atom is -0.466 e. The van der Waals surface area contributed by atoms with E-state index in [9.17, 15) is 14.4 Å². The van der Waals surface area contributed by atoms with Gasteiger partial charge >= 0.3 is 11.9 Å². The smallest absolute Gasteiger partial charge is 0.330 e. The summed E-state index contributed by atoms with van der Waals surface area (Å²) < 4.78 is 9.85. The van der Waals surface area contributed by atoms with Gasteiger partial charge in [0.2, 0.25) is 0 Å². The zero-order valence-electron chi connectivity index (χ0n) is 15.6. The lowest BCUT2D eigenvalue weighted by molar-refractivity contribution is -0.149. The highest BCUT2D eigenvalue weighted by molar-refractivity contribution is 5.94. The number of nitrogens with one attached hydrogen (secondary N) is 1. The molecule has 1 saturated carbocycles. The van der Waals surface area contributed by atoms with E-state index >= 15 is 0 Å². The Morgan fingerprint density at radius 1 is 1.22 bits per heavy atom. The molecular weight excluding hydrogens is 346 g/mol. The molecule has 27 heavy (non-hydrogen) atoms. The summed E-state index contributed by atoms with van der Waals surface area (Å²) in [6.45, 7) is 5.81. The third-order valence-electron chi connectivity index (χ3n) is 4.73. The van der Waals surface area contributed by atoms with Crippen LogP contribution in [0.25, 0.3) is 0 Å². The summed E-state index contributed by atoms with van der Waals surface area (Å²) >= 11 is 0. The Balaban J connectivity index is 2.28. The van der Waals surface area contributed by atoms with Crippen molar-refractivity contribution in [1.29, 1.82) is 0 Å². The Morgan fingerprint density at radius 2 is 1.93 bits per heavy atom. The van der Waals surface area contributed by atoms with E-state index in [2.05, 4.69) is 16.6 Å². The molecule has 0 unspecified atom stereocenters.